The number of urea groups is 1. The standard InChI is InChI=1S/C17H20N4O2S/c1-17(12-7-9-24-11-12)15(22)20(16(23)18-17)10-13-6-8-21(19-13)14-4-2-3-5-14/h6-9,11,14H,2-5,10H2,1H3,(H,18,23). The minimum atomic E-state index is -0.981. The summed E-state index contributed by atoms with van der Waals surface area (Å²) in [6.45, 7) is 1.97. The molecule has 0 radical (unpaired) electrons. The number of amides is 3. The molecule has 2 aromatic rings. The van der Waals surface area contributed by atoms with Crippen LogP contribution in [0.2, 0.25) is 0 Å². The number of nitrogens with zero attached hydrogens (tertiary/aromatic N) is 3. The lowest BCUT2D eigenvalue weighted by Gasteiger charge is -2.20. The topological polar surface area (TPSA) is 67.2 Å². The molecule has 3 amide bonds. The van der Waals surface area contributed by atoms with Gasteiger partial charge in [-0.25, -0.2) is 4.79 Å². The highest BCUT2D eigenvalue weighted by Gasteiger charge is 2.49. The van der Waals surface area contributed by atoms with E-state index in [9.17, 15) is 9.59 Å². The van der Waals surface area contributed by atoms with Crippen LogP contribution in [0.5, 0.6) is 0 Å². The van der Waals surface area contributed by atoms with Gasteiger partial charge >= 0.3 is 6.03 Å². The van der Waals surface area contributed by atoms with Crippen molar-refractivity contribution in [1.29, 1.82) is 0 Å². The average Bonchev–Trinajstić information content (AvgIpc) is 3.34. The largest absolute Gasteiger partial charge is 0.325 e. The van der Waals surface area contributed by atoms with Crippen LogP contribution >= 0.6 is 11.3 Å². The van der Waals surface area contributed by atoms with Crippen LogP contribution in [0, 0.1) is 0 Å². The molecule has 1 N–H and O–H groups in total. The number of hydrogen-bond donors (Lipinski definition) is 1. The molecule has 0 bridgehead atoms. The SMILES string of the molecule is CC1(c2ccsc2)NC(=O)N(Cc2ccn(C3CCCC3)n2)C1=O. The fourth-order valence-corrected chi connectivity index (χ4v) is 4.35. The normalized spacial score (nSPS) is 24.8. The molecule has 1 aliphatic carbocycles. The zero-order chi connectivity index (χ0) is 16.7. The van der Waals surface area contributed by atoms with E-state index in [2.05, 4.69) is 10.4 Å². The molecule has 2 fully saturated rings. The number of carbonyl (C=O) groups is 2. The summed E-state index contributed by atoms with van der Waals surface area (Å²) in [7, 11) is 0. The molecule has 2 aromatic heterocycles. The van der Waals surface area contributed by atoms with E-state index in [4.69, 9.17) is 0 Å². The minimum absolute atomic E-state index is 0.212. The van der Waals surface area contributed by atoms with E-state index in [1.807, 2.05) is 33.8 Å². The first kappa shape index (κ1) is 15.4. The Kier molecular flexibility index (Phi) is 3.68. The average molecular weight is 344 g/mol. The third-order valence-electron chi connectivity index (χ3n) is 5.06. The number of imide groups is 1. The van der Waals surface area contributed by atoms with Crippen LogP contribution < -0.4 is 5.32 Å². The van der Waals surface area contributed by atoms with Crippen LogP contribution in [0.15, 0.2) is 29.1 Å². The summed E-state index contributed by atoms with van der Waals surface area (Å²) in [5.74, 6) is -0.221. The van der Waals surface area contributed by atoms with Crippen LogP contribution in [0.1, 0.15) is 49.9 Å². The maximum absolute atomic E-state index is 12.8. The van der Waals surface area contributed by atoms with Gasteiger partial charge in [0.05, 0.1) is 18.3 Å². The van der Waals surface area contributed by atoms with Gasteiger partial charge in [-0.2, -0.15) is 16.4 Å². The van der Waals surface area contributed by atoms with E-state index in [1.165, 1.54) is 29.1 Å². The van der Waals surface area contributed by atoms with Crippen LogP contribution in [0.3, 0.4) is 0 Å². The first-order valence-electron chi connectivity index (χ1n) is 8.29. The van der Waals surface area contributed by atoms with Crippen molar-refractivity contribution >= 4 is 23.3 Å². The Morgan fingerprint density at radius 2 is 2.12 bits per heavy atom. The van der Waals surface area contributed by atoms with E-state index in [0.717, 1.165) is 24.1 Å². The summed E-state index contributed by atoms with van der Waals surface area (Å²) < 4.78 is 1.98. The Bertz CT molecular complexity index is 763. The van der Waals surface area contributed by atoms with Gasteiger partial charge in [0.1, 0.15) is 5.54 Å². The predicted octanol–water partition coefficient (Wildman–Crippen LogP) is 3.03. The highest BCUT2D eigenvalue weighted by Crippen LogP contribution is 2.32. The summed E-state index contributed by atoms with van der Waals surface area (Å²) in [4.78, 5) is 26.4. The number of aromatic nitrogens is 2. The summed E-state index contributed by atoms with van der Waals surface area (Å²) in [6.07, 6.45) is 6.75. The maximum Gasteiger partial charge on any atom is 0.325 e. The second kappa shape index (κ2) is 5.73. The number of carbonyl (C=O) groups excluding carboxylic acids is 2. The van der Waals surface area contributed by atoms with Crippen molar-refractivity contribution in [3.05, 3.63) is 40.3 Å². The lowest BCUT2D eigenvalue weighted by Crippen LogP contribution is -2.40. The van der Waals surface area contributed by atoms with Crippen molar-refractivity contribution < 1.29 is 9.59 Å². The molecule has 1 saturated carbocycles. The Hall–Kier alpha value is -2.15. The number of hydrogen-bond acceptors (Lipinski definition) is 4. The van der Waals surface area contributed by atoms with Gasteiger partial charge in [0.15, 0.2) is 0 Å². The first-order valence-corrected chi connectivity index (χ1v) is 9.23. The molecule has 1 unspecified atom stereocenters. The van der Waals surface area contributed by atoms with E-state index < -0.39 is 5.54 Å². The number of thiophene rings is 1. The second-order valence-electron chi connectivity index (χ2n) is 6.68. The zero-order valence-electron chi connectivity index (χ0n) is 13.6. The van der Waals surface area contributed by atoms with Crippen molar-refractivity contribution in [2.24, 2.45) is 0 Å². The fraction of sp³-hybridized carbons (Fsp3) is 0.471. The Morgan fingerprint density at radius 1 is 1.33 bits per heavy atom. The third-order valence-corrected chi connectivity index (χ3v) is 5.74. The molecule has 3 heterocycles. The van der Waals surface area contributed by atoms with E-state index in [0.29, 0.717) is 6.04 Å². The molecule has 126 valence electrons. The summed E-state index contributed by atoms with van der Waals surface area (Å²) in [5.41, 5.74) is 0.593. The molecule has 24 heavy (non-hydrogen) atoms. The fourth-order valence-electron chi connectivity index (χ4n) is 3.58. The summed E-state index contributed by atoms with van der Waals surface area (Å²) in [5, 5.41) is 11.2. The van der Waals surface area contributed by atoms with Crippen LogP contribution in [0.4, 0.5) is 4.79 Å². The van der Waals surface area contributed by atoms with E-state index >= 15 is 0 Å². The lowest BCUT2D eigenvalue weighted by atomic mass is 9.95. The molecule has 2 aliphatic rings. The molecule has 1 saturated heterocycles. The van der Waals surface area contributed by atoms with Gasteiger partial charge in [-0.3, -0.25) is 14.4 Å². The van der Waals surface area contributed by atoms with Crippen LogP contribution in [0.25, 0.3) is 0 Å². The van der Waals surface area contributed by atoms with Gasteiger partial charge in [-0.05, 0) is 48.2 Å². The monoisotopic (exact) mass is 344 g/mol. The lowest BCUT2D eigenvalue weighted by molar-refractivity contribution is -0.131. The van der Waals surface area contributed by atoms with Gasteiger partial charge in [-0.1, -0.05) is 12.8 Å². The van der Waals surface area contributed by atoms with E-state index in [-0.39, 0.29) is 18.5 Å². The molecular formula is C17H20N4O2S. The molecule has 7 heteroatoms. The van der Waals surface area contributed by atoms with Crippen LogP contribution in [-0.2, 0) is 16.9 Å². The van der Waals surface area contributed by atoms with Crippen molar-refractivity contribution in [2.75, 3.05) is 0 Å². The smallest absolute Gasteiger partial charge is 0.319 e. The zero-order valence-corrected chi connectivity index (χ0v) is 14.4. The van der Waals surface area contributed by atoms with Gasteiger partial charge in [0, 0.05) is 6.20 Å². The molecular weight excluding hydrogens is 324 g/mol. The van der Waals surface area contributed by atoms with Gasteiger partial charge in [0.2, 0.25) is 0 Å². The highest BCUT2D eigenvalue weighted by atomic mass is 32.1. The van der Waals surface area contributed by atoms with Gasteiger partial charge in [0.25, 0.3) is 5.91 Å². The Labute approximate surface area is 144 Å². The summed E-state index contributed by atoms with van der Waals surface area (Å²) in [6, 6.07) is 3.88. The van der Waals surface area contributed by atoms with Crippen molar-refractivity contribution in [1.82, 2.24) is 20.0 Å². The molecule has 0 aromatic carbocycles. The Morgan fingerprint density at radius 3 is 2.83 bits per heavy atom. The van der Waals surface area contributed by atoms with Crippen molar-refractivity contribution in [3.8, 4) is 0 Å². The van der Waals surface area contributed by atoms with Gasteiger partial charge in [-0.15, -0.1) is 0 Å². The van der Waals surface area contributed by atoms with Crippen molar-refractivity contribution in [2.45, 2.75) is 50.7 Å². The highest BCUT2D eigenvalue weighted by molar-refractivity contribution is 7.08. The van der Waals surface area contributed by atoms with Gasteiger partial charge < -0.3 is 5.32 Å². The molecule has 1 atom stereocenters. The molecule has 4 rings (SSSR count). The third kappa shape index (κ3) is 2.43. The second-order valence-corrected chi connectivity index (χ2v) is 7.46. The van der Waals surface area contributed by atoms with E-state index in [1.54, 1.807) is 6.92 Å². The van der Waals surface area contributed by atoms with Crippen LogP contribution in [-0.4, -0.2) is 26.6 Å². The predicted molar refractivity (Wildman–Crippen MR) is 90.5 cm³/mol. The number of nitrogens with one attached hydrogen (secondary N) is 1. The number of rotatable bonds is 4. The first-order chi connectivity index (χ1) is 11.6. The summed E-state index contributed by atoms with van der Waals surface area (Å²) >= 11 is 1.51. The Balaban J connectivity index is 1.52. The quantitative estimate of drug-likeness (QED) is 0.867. The maximum atomic E-state index is 12.8. The molecule has 1 aliphatic heterocycles. The molecule has 0 spiro atoms. The minimum Gasteiger partial charge on any atom is -0.319 e. The van der Waals surface area contributed by atoms with Crippen molar-refractivity contribution in [3.63, 3.8) is 0 Å². The molecule has 6 nitrogen and oxygen atoms in total.